The Hall–Kier alpha value is -2.94. The number of aryl methyl sites for hydroxylation is 1. The molecule has 0 unspecified atom stereocenters. The van der Waals surface area contributed by atoms with E-state index >= 15 is 0 Å². The second-order valence-corrected chi connectivity index (χ2v) is 8.36. The average Bonchev–Trinajstić information content (AvgIpc) is 3.38. The lowest BCUT2D eigenvalue weighted by molar-refractivity contribution is -0.117. The van der Waals surface area contributed by atoms with E-state index < -0.39 is 0 Å². The van der Waals surface area contributed by atoms with Crippen molar-refractivity contribution in [3.05, 3.63) is 24.5 Å². The fourth-order valence-corrected chi connectivity index (χ4v) is 4.18. The van der Waals surface area contributed by atoms with Crippen molar-refractivity contribution < 1.29 is 4.79 Å². The fraction of sp³-hybridized carbons (Fsp3) is 0.524. The summed E-state index contributed by atoms with van der Waals surface area (Å²) >= 11 is 0. The number of fused-ring (bicyclic) bond motifs is 1. The van der Waals surface area contributed by atoms with Crippen LogP contribution in [0, 0.1) is 5.92 Å². The molecule has 1 saturated carbocycles. The highest BCUT2D eigenvalue weighted by atomic mass is 16.2. The molecule has 1 atom stereocenters. The average molecular weight is 409 g/mol. The molecule has 9 heteroatoms. The topological polar surface area (TPSA) is 83.6 Å². The number of hydrogen-bond acceptors (Lipinski definition) is 6. The van der Waals surface area contributed by atoms with Gasteiger partial charge < -0.3 is 10.2 Å². The van der Waals surface area contributed by atoms with E-state index in [1.165, 1.54) is 13.0 Å². The van der Waals surface area contributed by atoms with Gasteiger partial charge in [0.05, 0.1) is 18.1 Å². The van der Waals surface area contributed by atoms with Gasteiger partial charge in [-0.3, -0.25) is 14.4 Å². The van der Waals surface area contributed by atoms with Gasteiger partial charge >= 0.3 is 0 Å². The minimum atomic E-state index is 0.0475. The minimum absolute atomic E-state index is 0.0475. The predicted molar refractivity (Wildman–Crippen MR) is 115 cm³/mol. The van der Waals surface area contributed by atoms with Gasteiger partial charge in [0.25, 0.3) is 0 Å². The van der Waals surface area contributed by atoms with E-state index in [0.29, 0.717) is 17.5 Å². The Balaban J connectivity index is 1.40. The fourth-order valence-electron chi connectivity index (χ4n) is 4.18. The zero-order valence-electron chi connectivity index (χ0n) is 17.7. The molecule has 9 nitrogen and oxygen atoms in total. The van der Waals surface area contributed by atoms with Crippen molar-refractivity contribution in [3.8, 4) is 11.4 Å². The first-order chi connectivity index (χ1) is 14.5. The van der Waals surface area contributed by atoms with Crippen molar-refractivity contribution in [1.82, 2.24) is 29.3 Å². The summed E-state index contributed by atoms with van der Waals surface area (Å²) in [6.45, 7) is 5.47. The van der Waals surface area contributed by atoms with Crippen molar-refractivity contribution in [3.63, 3.8) is 0 Å². The number of anilines is 2. The number of amides is 1. The first-order valence-electron chi connectivity index (χ1n) is 10.7. The zero-order chi connectivity index (χ0) is 20.8. The van der Waals surface area contributed by atoms with Gasteiger partial charge in [0, 0.05) is 39.1 Å². The molecule has 0 aromatic carbocycles. The third-order valence-corrected chi connectivity index (χ3v) is 6.25. The van der Waals surface area contributed by atoms with E-state index in [1.807, 2.05) is 30.1 Å². The lowest BCUT2D eigenvalue weighted by Gasteiger charge is -2.42. The second kappa shape index (κ2) is 7.39. The van der Waals surface area contributed by atoms with Crippen LogP contribution in [0.1, 0.15) is 26.2 Å². The standard InChI is InChI=1S/C21H28N8O/c1-4-28-10-9-15(28)12-26(2)17-11-22-27(3)20(17)16-7-8-19-23-18(13-29(19)25-16)24-21(30)14-5-6-14/h7-8,11,13-15H,4-6,9-10,12H2,1-3H3,(H,24,30)/t15-/m1/s1. The second-order valence-electron chi connectivity index (χ2n) is 8.36. The molecule has 1 N–H and O–H groups in total. The zero-order valence-corrected chi connectivity index (χ0v) is 17.7. The first-order valence-corrected chi connectivity index (χ1v) is 10.7. The maximum atomic E-state index is 12.0. The molecule has 0 radical (unpaired) electrons. The quantitative estimate of drug-likeness (QED) is 0.644. The SMILES string of the molecule is CCN1CC[C@@H]1CN(C)c1cnn(C)c1-c1ccc2nc(NC(=O)C3CC3)cn2n1. The molecule has 2 aliphatic rings. The molecule has 2 fully saturated rings. The monoisotopic (exact) mass is 408 g/mol. The van der Waals surface area contributed by atoms with Crippen molar-refractivity contribution in [2.24, 2.45) is 13.0 Å². The van der Waals surface area contributed by atoms with E-state index in [9.17, 15) is 4.79 Å². The summed E-state index contributed by atoms with van der Waals surface area (Å²) in [4.78, 5) is 21.3. The molecule has 0 spiro atoms. The van der Waals surface area contributed by atoms with Crippen LogP contribution in [0.15, 0.2) is 24.5 Å². The van der Waals surface area contributed by atoms with Crippen molar-refractivity contribution in [1.29, 1.82) is 0 Å². The van der Waals surface area contributed by atoms with Crippen LogP contribution in [-0.4, -0.2) is 67.9 Å². The number of carbonyl (C=O) groups excluding carboxylic acids is 1. The molecule has 1 amide bonds. The lowest BCUT2D eigenvalue weighted by Crippen LogP contribution is -2.52. The first kappa shape index (κ1) is 19.0. The van der Waals surface area contributed by atoms with Crippen molar-refractivity contribution in [2.45, 2.75) is 32.2 Å². The van der Waals surface area contributed by atoms with Crippen LogP contribution in [0.4, 0.5) is 11.5 Å². The number of hydrogen-bond donors (Lipinski definition) is 1. The van der Waals surface area contributed by atoms with Crippen LogP contribution in [0.25, 0.3) is 17.0 Å². The van der Waals surface area contributed by atoms with Crippen LogP contribution in [0.2, 0.25) is 0 Å². The predicted octanol–water partition coefficient (Wildman–Crippen LogP) is 2.01. The summed E-state index contributed by atoms with van der Waals surface area (Å²) in [5, 5.41) is 12.1. The summed E-state index contributed by atoms with van der Waals surface area (Å²) in [6.07, 6.45) is 6.85. The van der Waals surface area contributed by atoms with Gasteiger partial charge in [-0.1, -0.05) is 6.92 Å². The Bertz CT molecular complexity index is 1080. The largest absolute Gasteiger partial charge is 0.370 e. The Kier molecular flexibility index (Phi) is 4.69. The molecular formula is C21H28N8O. The number of aromatic nitrogens is 5. The van der Waals surface area contributed by atoms with Crippen LogP contribution in [-0.2, 0) is 11.8 Å². The van der Waals surface area contributed by atoms with Crippen molar-refractivity contribution in [2.75, 3.05) is 36.9 Å². The number of nitrogens with one attached hydrogen (secondary N) is 1. The van der Waals surface area contributed by atoms with Crippen LogP contribution < -0.4 is 10.2 Å². The van der Waals surface area contributed by atoms with E-state index in [4.69, 9.17) is 5.10 Å². The molecule has 3 aromatic heterocycles. The maximum Gasteiger partial charge on any atom is 0.228 e. The molecule has 158 valence electrons. The van der Waals surface area contributed by atoms with E-state index in [1.54, 1.807) is 10.7 Å². The number of likely N-dealkylation sites (tertiary alicyclic amines) is 1. The molecule has 4 heterocycles. The van der Waals surface area contributed by atoms with Gasteiger partial charge in [-0.05, 0) is 37.9 Å². The lowest BCUT2D eigenvalue weighted by atomic mass is 10.0. The van der Waals surface area contributed by atoms with E-state index in [0.717, 1.165) is 43.0 Å². The number of imidazole rings is 1. The Labute approximate surface area is 175 Å². The summed E-state index contributed by atoms with van der Waals surface area (Å²) in [6, 6.07) is 4.48. The highest BCUT2D eigenvalue weighted by molar-refractivity contribution is 5.93. The van der Waals surface area contributed by atoms with Gasteiger partial charge in [0.1, 0.15) is 11.4 Å². The summed E-state index contributed by atoms with van der Waals surface area (Å²) < 4.78 is 3.59. The summed E-state index contributed by atoms with van der Waals surface area (Å²) in [5.41, 5.74) is 3.56. The molecule has 5 rings (SSSR count). The molecular weight excluding hydrogens is 380 g/mol. The summed E-state index contributed by atoms with van der Waals surface area (Å²) in [5.74, 6) is 0.736. The van der Waals surface area contributed by atoms with Crippen LogP contribution in [0.3, 0.4) is 0 Å². The highest BCUT2D eigenvalue weighted by Crippen LogP contribution is 2.31. The summed E-state index contributed by atoms with van der Waals surface area (Å²) in [7, 11) is 4.06. The molecule has 30 heavy (non-hydrogen) atoms. The molecule has 1 saturated heterocycles. The van der Waals surface area contributed by atoms with Gasteiger partial charge in [-0.25, -0.2) is 9.50 Å². The molecule has 1 aliphatic carbocycles. The van der Waals surface area contributed by atoms with E-state index in [2.05, 4.69) is 39.2 Å². The number of likely N-dealkylation sites (N-methyl/N-ethyl adjacent to an activating group) is 2. The van der Waals surface area contributed by atoms with Crippen molar-refractivity contribution >= 4 is 23.1 Å². The Morgan fingerprint density at radius 2 is 2.13 bits per heavy atom. The molecule has 3 aromatic rings. The van der Waals surface area contributed by atoms with Crippen LogP contribution in [0.5, 0.6) is 0 Å². The Morgan fingerprint density at radius 3 is 2.83 bits per heavy atom. The van der Waals surface area contributed by atoms with Gasteiger partial charge in [0.2, 0.25) is 5.91 Å². The third kappa shape index (κ3) is 3.43. The highest BCUT2D eigenvalue weighted by Gasteiger charge is 2.30. The smallest absolute Gasteiger partial charge is 0.228 e. The number of nitrogens with zero attached hydrogens (tertiary/aromatic N) is 7. The Morgan fingerprint density at radius 1 is 1.30 bits per heavy atom. The van der Waals surface area contributed by atoms with Gasteiger partial charge in [0.15, 0.2) is 11.5 Å². The van der Waals surface area contributed by atoms with Crippen LogP contribution >= 0.6 is 0 Å². The number of carbonyl (C=O) groups is 1. The van der Waals surface area contributed by atoms with Gasteiger partial charge in [-0.15, -0.1) is 0 Å². The van der Waals surface area contributed by atoms with Gasteiger partial charge in [-0.2, -0.15) is 10.2 Å². The maximum absolute atomic E-state index is 12.0. The number of rotatable bonds is 7. The molecule has 0 bridgehead atoms. The molecule has 1 aliphatic heterocycles. The minimum Gasteiger partial charge on any atom is -0.370 e. The van der Waals surface area contributed by atoms with E-state index in [-0.39, 0.29) is 11.8 Å². The normalized spacial score (nSPS) is 19.1. The third-order valence-electron chi connectivity index (χ3n) is 6.25.